The molecule has 0 radical (unpaired) electrons. The lowest BCUT2D eigenvalue weighted by Gasteiger charge is -2.09. The van der Waals surface area contributed by atoms with Gasteiger partial charge in [0.05, 0.1) is 18.0 Å². The van der Waals surface area contributed by atoms with Gasteiger partial charge in [-0.1, -0.05) is 38.1 Å². The molecule has 0 unspecified atom stereocenters. The summed E-state index contributed by atoms with van der Waals surface area (Å²) in [5.41, 5.74) is 10.4. The highest BCUT2D eigenvalue weighted by molar-refractivity contribution is 5.69. The van der Waals surface area contributed by atoms with Crippen LogP contribution in [0.25, 0.3) is 22.5 Å². The van der Waals surface area contributed by atoms with Crippen LogP contribution in [0.2, 0.25) is 0 Å². The number of aromatic nitrogens is 2. The van der Waals surface area contributed by atoms with E-state index < -0.39 is 0 Å². The minimum absolute atomic E-state index is 0.501. The molecule has 0 bridgehead atoms. The van der Waals surface area contributed by atoms with Crippen LogP contribution < -0.4 is 10.5 Å². The molecule has 0 fully saturated rings. The first-order chi connectivity index (χ1) is 11.1. The topological polar surface area (TPSA) is 63.9 Å². The van der Waals surface area contributed by atoms with Crippen LogP contribution in [0, 0.1) is 5.92 Å². The molecule has 0 saturated carbocycles. The normalized spacial score (nSPS) is 10.9. The Kier molecular flexibility index (Phi) is 4.33. The van der Waals surface area contributed by atoms with Gasteiger partial charge in [-0.3, -0.25) is 5.10 Å². The molecule has 118 valence electrons. The largest absolute Gasteiger partial charge is 0.493 e. The molecule has 4 nitrogen and oxygen atoms in total. The molecule has 0 aliphatic heterocycles. The van der Waals surface area contributed by atoms with Crippen LogP contribution in [0.1, 0.15) is 13.8 Å². The van der Waals surface area contributed by atoms with Crippen molar-refractivity contribution in [3.8, 4) is 28.3 Å². The summed E-state index contributed by atoms with van der Waals surface area (Å²) in [5.74, 6) is 1.37. The number of H-pyrrole nitrogens is 1. The lowest BCUT2D eigenvalue weighted by Crippen LogP contribution is -2.04. The first kappa shape index (κ1) is 15.2. The van der Waals surface area contributed by atoms with Gasteiger partial charge in [0.1, 0.15) is 5.75 Å². The highest BCUT2D eigenvalue weighted by Gasteiger charge is 2.07. The fraction of sp³-hybridized carbons (Fsp3) is 0.211. The molecular formula is C19H21N3O. The predicted octanol–water partition coefficient (Wildman–Crippen LogP) is 4.36. The Morgan fingerprint density at radius 1 is 1.04 bits per heavy atom. The smallest absolute Gasteiger partial charge is 0.119 e. The van der Waals surface area contributed by atoms with Gasteiger partial charge in [-0.25, -0.2) is 0 Å². The van der Waals surface area contributed by atoms with Gasteiger partial charge in [-0.05, 0) is 41.8 Å². The molecule has 3 rings (SSSR count). The third-order valence-electron chi connectivity index (χ3n) is 3.51. The summed E-state index contributed by atoms with van der Waals surface area (Å²) >= 11 is 0. The van der Waals surface area contributed by atoms with Crippen LogP contribution in [-0.4, -0.2) is 16.8 Å². The van der Waals surface area contributed by atoms with Gasteiger partial charge in [-0.15, -0.1) is 0 Å². The summed E-state index contributed by atoms with van der Waals surface area (Å²) in [4.78, 5) is 0. The molecule has 3 aromatic rings. The maximum Gasteiger partial charge on any atom is 0.119 e. The monoisotopic (exact) mass is 307 g/mol. The van der Waals surface area contributed by atoms with E-state index in [1.54, 1.807) is 0 Å². The van der Waals surface area contributed by atoms with E-state index in [0.717, 1.165) is 34.0 Å². The molecular weight excluding hydrogens is 286 g/mol. The number of nitrogens with zero attached hydrogens (tertiary/aromatic N) is 1. The second-order valence-electron chi connectivity index (χ2n) is 6.02. The number of benzene rings is 2. The van der Waals surface area contributed by atoms with Gasteiger partial charge >= 0.3 is 0 Å². The lowest BCUT2D eigenvalue weighted by atomic mass is 10.1. The van der Waals surface area contributed by atoms with Gasteiger partial charge in [0.2, 0.25) is 0 Å². The maximum absolute atomic E-state index is 5.78. The molecule has 0 atom stereocenters. The van der Waals surface area contributed by atoms with Crippen molar-refractivity contribution in [1.29, 1.82) is 0 Å². The Hall–Kier alpha value is -2.75. The van der Waals surface area contributed by atoms with Gasteiger partial charge in [0, 0.05) is 11.3 Å². The molecule has 3 N–H and O–H groups in total. The quantitative estimate of drug-likeness (QED) is 0.688. The molecule has 0 saturated heterocycles. The number of aromatic amines is 1. The highest BCUT2D eigenvalue weighted by Crippen LogP contribution is 2.26. The zero-order valence-corrected chi connectivity index (χ0v) is 13.4. The molecule has 0 amide bonds. The molecule has 1 heterocycles. The molecule has 1 aromatic heterocycles. The van der Waals surface area contributed by atoms with E-state index in [4.69, 9.17) is 10.5 Å². The Bertz CT molecular complexity index is 775. The molecule has 0 spiro atoms. The van der Waals surface area contributed by atoms with E-state index in [-0.39, 0.29) is 0 Å². The summed E-state index contributed by atoms with van der Waals surface area (Å²) in [7, 11) is 0. The van der Waals surface area contributed by atoms with Gasteiger partial charge in [-0.2, -0.15) is 5.10 Å². The van der Waals surface area contributed by atoms with Crippen LogP contribution in [0.5, 0.6) is 5.75 Å². The summed E-state index contributed by atoms with van der Waals surface area (Å²) in [6, 6.07) is 17.8. The minimum Gasteiger partial charge on any atom is -0.493 e. The Balaban J connectivity index is 1.82. The summed E-state index contributed by atoms with van der Waals surface area (Å²) in [6.45, 7) is 4.98. The summed E-state index contributed by atoms with van der Waals surface area (Å²) < 4.78 is 5.78. The molecule has 0 aliphatic rings. The fourth-order valence-corrected chi connectivity index (χ4v) is 2.29. The third kappa shape index (κ3) is 3.72. The lowest BCUT2D eigenvalue weighted by molar-refractivity contribution is 0.271. The first-order valence-corrected chi connectivity index (χ1v) is 7.76. The zero-order chi connectivity index (χ0) is 16.2. The molecule has 4 heteroatoms. The van der Waals surface area contributed by atoms with E-state index >= 15 is 0 Å². The van der Waals surface area contributed by atoms with E-state index in [9.17, 15) is 0 Å². The predicted molar refractivity (Wildman–Crippen MR) is 94.2 cm³/mol. The van der Waals surface area contributed by atoms with Crippen LogP contribution in [-0.2, 0) is 0 Å². The second kappa shape index (κ2) is 6.57. The minimum atomic E-state index is 0.501. The summed E-state index contributed by atoms with van der Waals surface area (Å²) in [6.07, 6.45) is 0. The third-order valence-corrected chi connectivity index (χ3v) is 3.51. The molecule has 23 heavy (non-hydrogen) atoms. The maximum atomic E-state index is 5.78. The van der Waals surface area contributed by atoms with Crippen molar-refractivity contribution in [1.82, 2.24) is 10.2 Å². The van der Waals surface area contributed by atoms with Crippen LogP contribution >= 0.6 is 0 Å². The fourth-order valence-electron chi connectivity index (χ4n) is 2.29. The van der Waals surface area contributed by atoms with Crippen molar-refractivity contribution < 1.29 is 4.74 Å². The number of nitrogen functional groups attached to an aromatic ring is 1. The molecule has 2 aromatic carbocycles. The van der Waals surface area contributed by atoms with Crippen molar-refractivity contribution in [3.63, 3.8) is 0 Å². The average molecular weight is 307 g/mol. The zero-order valence-electron chi connectivity index (χ0n) is 13.4. The van der Waals surface area contributed by atoms with Crippen molar-refractivity contribution in [3.05, 3.63) is 54.6 Å². The number of nitrogens with one attached hydrogen (secondary N) is 1. The van der Waals surface area contributed by atoms with Crippen LogP contribution in [0.15, 0.2) is 54.6 Å². The van der Waals surface area contributed by atoms with Gasteiger partial charge < -0.3 is 10.5 Å². The van der Waals surface area contributed by atoms with Gasteiger partial charge in [0.15, 0.2) is 0 Å². The Labute approximate surface area is 136 Å². The summed E-state index contributed by atoms with van der Waals surface area (Å²) in [5, 5.41) is 7.49. The SMILES string of the molecule is CC(C)COc1cccc(-c2cc(-c3ccc(N)cc3)[nH]n2)c1. The van der Waals surface area contributed by atoms with Crippen molar-refractivity contribution >= 4 is 5.69 Å². The Morgan fingerprint density at radius 2 is 1.83 bits per heavy atom. The standard InChI is InChI=1S/C19H21N3O/c1-13(2)12-23-17-5-3-4-15(10-17)19-11-18(21-22-19)14-6-8-16(20)9-7-14/h3-11,13H,12,20H2,1-2H3,(H,21,22). The van der Waals surface area contributed by atoms with Crippen molar-refractivity contribution in [2.45, 2.75) is 13.8 Å². The number of ether oxygens (including phenoxy) is 1. The van der Waals surface area contributed by atoms with Gasteiger partial charge in [0.25, 0.3) is 0 Å². The van der Waals surface area contributed by atoms with Crippen molar-refractivity contribution in [2.24, 2.45) is 5.92 Å². The number of hydrogen-bond donors (Lipinski definition) is 2. The second-order valence-corrected chi connectivity index (χ2v) is 6.02. The number of nitrogens with two attached hydrogens (primary N) is 1. The molecule has 0 aliphatic carbocycles. The van der Waals surface area contributed by atoms with E-state index in [1.165, 1.54) is 0 Å². The highest BCUT2D eigenvalue weighted by atomic mass is 16.5. The number of anilines is 1. The van der Waals surface area contributed by atoms with E-state index in [1.807, 2.05) is 54.6 Å². The average Bonchev–Trinajstić information content (AvgIpc) is 3.04. The van der Waals surface area contributed by atoms with E-state index in [0.29, 0.717) is 12.5 Å². The van der Waals surface area contributed by atoms with Crippen molar-refractivity contribution in [2.75, 3.05) is 12.3 Å². The van der Waals surface area contributed by atoms with Crippen LogP contribution in [0.4, 0.5) is 5.69 Å². The number of hydrogen-bond acceptors (Lipinski definition) is 3. The van der Waals surface area contributed by atoms with E-state index in [2.05, 4.69) is 24.0 Å². The van der Waals surface area contributed by atoms with Crippen LogP contribution in [0.3, 0.4) is 0 Å². The Morgan fingerprint density at radius 3 is 2.57 bits per heavy atom. The number of rotatable bonds is 5. The first-order valence-electron chi connectivity index (χ1n) is 7.76.